The van der Waals surface area contributed by atoms with Crippen LogP contribution in [-0.4, -0.2) is 30.4 Å². The number of ether oxygens (including phenoxy) is 1. The average molecular weight is 296 g/mol. The highest BCUT2D eigenvalue weighted by atomic mass is 16.5. The van der Waals surface area contributed by atoms with E-state index in [4.69, 9.17) is 4.74 Å². The molecule has 0 unspecified atom stereocenters. The summed E-state index contributed by atoms with van der Waals surface area (Å²) in [5, 5.41) is 3.25. The fraction of sp³-hybridized carbons (Fsp3) is 0.176. The standard InChI is InChI=1S/C17H17N3O2/c1-22-15-9-5-8-14(10-15)19-17-18-11-16(21)20(17)12-13-6-3-2-4-7-13/h2-10H,11-12H2,1H3,(H,18,19)/p+1. The molecule has 0 spiro atoms. The van der Waals surface area contributed by atoms with Gasteiger partial charge in [-0.15, -0.1) is 0 Å². The molecule has 5 nitrogen and oxygen atoms in total. The van der Waals surface area contributed by atoms with Crippen molar-refractivity contribution in [2.24, 2.45) is 0 Å². The summed E-state index contributed by atoms with van der Waals surface area (Å²) in [6.07, 6.45) is 0. The Bertz CT molecular complexity index is 698. The largest absolute Gasteiger partial charge is 0.497 e. The summed E-state index contributed by atoms with van der Waals surface area (Å²) >= 11 is 0. The summed E-state index contributed by atoms with van der Waals surface area (Å²) in [5.74, 6) is 1.51. The van der Waals surface area contributed by atoms with Gasteiger partial charge in [0.25, 0.3) is 0 Å². The predicted octanol–water partition coefficient (Wildman–Crippen LogP) is 0.586. The van der Waals surface area contributed by atoms with Gasteiger partial charge in [-0.05, 0) is 17.7 Å². The first-order valence-electron chi connectivity index (χ1n) is 7.12. The summed E-state index contributed by atoms with van der Waals surface area (Å²) in [6, 6.07) is 17.5. The van der Waals surface area contributed by atoms with Crippen LogP contribution >= 0.6 is 0 Å². The van der Waals surface area contributed by atoms with Crippen LogP contribution < -0.4 is 15.0 Å². The number of guanidine groups is 1. The quantitative estimate of drug-likeness (QED) is 0.868. The van der Waals surface area contributed by atoms with E-state index >= 15 is 0 Å². The fourth-order valence-electron chi connectivity index (χ4n) is 2.36. The third-order valence-electron chi connectivity index (χ3n) is 3.49. The number of amides is 1. The zero-order chi connectivity index (χ0) is 15.4. The zero-order valence-corrected chi connectivity index (χ0v) is 12.4. The van der Waals surface area contributed by atoms with Crippen molar-refractivity contribution >= 4 is 17.6 Å². The lowest BCUT2D eigenvalue weighted by Crippen LogP contribution is -2.72. The Hall–Kier alpha value is -2.82. The summed E-state index contributed by atoms with van der Waals surface area (Å²) in [5.41, 5.74) is 1.96. The van der Waals surface area contributed by atoms with Gasteiger partial charge < -0.3 is 4.74 Å². The highest BCUT2D eigenvalue weighted by molar-refractivity contribution is 6.04. The minimum Gasteiger partial charge on any atom is -0.497 e. The minimum absolute atomic E-state index is 0.0502. The second kappa shape index (κ2) is 6.30. The number of carbonyl (C=O) groups is 1. The van der Waals surface area contributed by atoms with Gasteiger partial charge in [-0.2, -0.15) is 4.90 Å². The molecule has 22 heavy (non-hydrogen) atoms. The van der Waals surface area contributed by atoms with E-state index in [9.17, 15) is 4.79 Å². The molecular weight excluding hydrogens is 278 g/mol. The third-order valence-corrected chi connectivity index (χ3v) is 3.49. The number of hydrogen-bond acceptors (Lipinski definition) is 3. The van der Waals surface area contributed by atoms with E-state index in [2.05, 4.69) is 10.3 Å². The molecule has 2 N–H and O–H groups in total. The van der Waals surface area contributed by atoms with Crippen LogP contribution in [0.4, 0.5) is 5.69 Å². The van der Waals surface area contributed by atoms with Crippen molar-refractivity contribution in [2.75, 3.05) is 19.0 Å². The highest BCUT2D eigenvalue weighted by Crippen LogP contribution is 2.17. The van der Waals surface area contributed by atoms with Crippen LogP contribution in [0, 0.1) is 0 Å². The van der Waals surface area contributed by atoms with Crippen molar-refractivity contribution in [2.45, 2.75) is 6.54 Å². The molecule has 1 heterocycles. The monoisotopic (exact) mass is 296 g/mol. The molecule has 0 fully saturated rings. The summed E-state index contributed by atoms with van der Waals surface area (Å²) in [4.78, 5) is 16.9. The van der Waals surface area contributed by atoms with E-state index in [0.717, 1.165) is 17.0 Å². The molecule has 2 aromatic carbocycles. The van der Waals surface area contributed by atoms with Gasteiger partial charge in [-0.3, -0.25) is 9.79 Å². The molecule has 0 radical (unpaired) electrons. The molecule has 0 aromatic heterocycles. The normalized spacial score (nSPS) is 14.0. The van der Waals surface area contributed by atoms with Gasteiger partial charge in [0.05, 0.1) is 7.11 Å². The lowest BCUT2D eigenvalue weighted by atomic mass is 10.2. The Morgan fingerprint density at radius 3 is 2.77 bits per heavy atom. The number of nitrogens with zero attached hydrogens (tertiary/aromatic N) is 1. The lowest BCUT2D eigenvalue weighted by Gasteiger charge is -2.12. The molecule has 0 aliphatic carbocycles. The van der Waals surface area contributed by atoms with Crippen LogP contribution in [0.5, 0.6) is 5.75 Å². The van der Waals surface area contributed by atoms with Crippen molar-refractivity contribution in [1.29, 1.82) is 0 Å². The van der Waals surface area contributed by atoms with E-state index in [1.54, 1.807) is 12.0 Å². The molecule has 1 amide bonds. The average Bonchev–Trinajstić information content (AvgIpc) is 2.89. The van der Waals surface area contributed by atoms with E-state index in [1.165, 1.54) is 0 Å². The van der Waals surface area contributed by atoms with Gasteiger partial charge in [-0.25, -0.2) is 5.32 Å². The van der Waals surface area contributed by atoms with Gasteiger partial charge in [0, 0.05) is 6.07 Å². The highest BCUT2D eigenvalue weighted by Gasteiger charge is 2.32. The third kappa shape index (κ3) is 3.09. The number of rotatable bonds is 4. The predicted molar refractivity (Wildman–Crippen MR) is 84.4 cm³/mol. The molecule has 5 heteroatoms. The Morgan fingerprint density at radius 2 is 2.00 bits per heavy atom. The molecule has 0 saturated carbocycles. The number of anilines is 1. The van der Waals surface area contributed by atoms with Crippen LogP contribution in [0.25, 0.3) is 0 Å². The maximum atomic E-state index is 12.1. The first kappa shape index (κ1) is 14.1. The second-order valence-corrected chi connectivity index (χ2v) is 5.02. The molecule has 2 aromatic rings. The number of nitrogens with one attached hydrogen (secondary N) is 2. The van der Waals surface area contributed by atoms with Crippen LogP contribution in [-0.2, 0) is 11.3 Å². The van der Waals surface area contributed by atoms with Crippen LogP contribution in [0.3, 0.4) is 0 Å². The number of hydrogen-bond donors (Lipinski definition) is 2. The first-order valence-corrected chi connectivity index (χ1v) is 7.12. The molecular formula is C17H18N3O2+. The van der Waals surface area contributed by atoms with Gasteiger partial charge in [0.15, 0.2) is 6.54 Å². The van der Waals surface area contributed by atoms with Crippen molar-refractivity contribution in [3.05, 3.63) is 60.2 Å². The molecule has 1 aliphatic rings. The van der Waals surface area contributed by atoms with E-state index in [0.29, 0.717) is 19.0 Å². The summed E-state index contributed by atoms with van der Waals surface area (Å²) < 4.78 is 5.21. The second-order valence-electron chi connectivity index (χ2n) is 5.02. The number of methoxy groups -OCH3 is 1. The Morgan fingerprint density at radius 1 is 1.18 bits per heavy atom. The summed E-state index contributed by atoms with van der Waals surface area (Å²) in [6.45, 7) is 0.845. The smallest absolute Gasteiger partial charge is 0.358 e. The number of benzene rings is 2. The van der Waals surface area contributed by atoms with Crippen molar-refractivity contribution in [3.8, 4) is 5.75 Å². The topological polar surface area (TPSA) is 55.5 Å². The molecule has 3 rings (SSSR count). The van der Waals surface area contributed by atoms with E-state index in [-0.39, 0.29) is 5.91 Å². The van der Waals surface area contributed by atoms with Gasteiger partial charge in [0.2, 0.25) is 0 Å². The van der Waals surface area contributed by atoms with Crippen molar-refractivity contribution in [1.82, 2.24) is 4.90 Å². The van der Waals surface area contributed by atoms with Gasteiger partial charge in [0.1, 0.15) is 18.0 Å². The SMILES string of the molecule is COc1cccc(NC2=[NH+]CC(=O)N2Cc2ccccc2)c1. The van der Waals surface area contributed by atoms with Crippen LogP contribution in [0.2, 0.25) is 0 Å². The zero-order valence-electron chi connectivity index (χ0n) is 12.4. The van der Waals surface area contributed by atoms with E-state index < -0.39 is 0 Å². The Kier molecular flexibility index (Phi) is 4.05. The van der Waals surface area contributed by atoms with Gasteiger partial charge >= 0.3 is 11.9 Å². The summed E-state index contributed by atoms with van der Waals surface area (Å²) in [7, 11) is 1.63. The maximum Gasteiger partial charge on any atom is 0.358 e. The molecule has 112 valence electrons. The Labute approximate surface area is 129 Å². The first-order chi connectivity index (χ1) is 10.8. The molecule has 0 bridgehead atoms. The minimum atomic E-state index is 0.0502. The fourth-order valence-corrected chi connectivity index (χ4v) is 2.36. The van der Waals surface area contributed by atoms with Crippen LogP contribution in [0.1, 0.15) is 5.56 Å². The van der Waals surface area contributed by atoms with Crippen molar-refractivity contribution < 1.29 is 14.5 Å². The lowest BCUT2D eigenvalue weighted by molar-refractivity contribution is -0.438. The van der Waals surface area contributed by atoms with Gasteiger partial charge in [-0.1, -0.05) is 36.4 Å². The molecule has 0 atom stereocenters. The van der Waals surface area contributed by atoms with E-state index in [1.807, 2.05) is 54.6 Å². The van der Waals surface area contributed by atoms with Crippen molar-refractivity contribution in [3.63, 3.8) is 0 Å². The Balaban J connectivity index is 1.75. The molecule has 0 saturated heterocycles. The number of carbonyl (C=O) groups excluding carboxylic acids is 1. The van der Waals surface area contributed by atoms with Crippen LogP contribution in [0.15, 0.2) is 54.6 Å². The molecule has 1 aliphatic heterocycles. The maximum absolute atomic E-state index is 12.1.